The van der Waals surface area contributed by atoms with E-state index in [0.29, 0.717) is 6.04 Å². The fraction of sp³-hybridized carbons (Fsp3) is 0.556. The van der Waals surface area contributed by atoms with Gasteiger partial charge in [-0.2, -0.15) is 4.98 Å². The number of benzene rings is 1. The Hall–Kier alpha value is -1.72. The monoisotopic (exact) mass is 314 g/mol. The Kier molecular flexibility index (Phi) is 5.77. The van der Waals surface area contributed by atoms with Gasteiger partial charge in [0, 0.05) is 25.4 Å². The molecule has 1 fully saturated rings. The molecule has 1 N–H and O–H groups in total. The van der Waals surface area contributed by atoms with Crippen molar-refractivity contribution in [1.29, 1.82) is 0 Å². The van der Waals surface area contributed by atoms with Gasteiger partial charge < -0.3 is 14.7 Å². The first-order chi connectivity index (χ1) is 11.3. The van der Waals surface area contributed by atoms with Gasteiger partial charge in [0.15, 0.2) is 5.82 Å². The fourth-order valence-corrected chi connectivity index (χ4v) is 3.08. The lowest BCUT2D eigenvalue weighted by molar-refractivity contribution is 0.206. The zero-order valence-electron chi connectivity index (χ0n) is 13.9. The normalized spacial score (nSPS) is 16.7. The molecule has 1 saturated heterocycles. The zero-order chi connectivity index (χ0) is 15.9. The summed E-state index contributed by atoms with van der Waals surface area (Å²) in [6.45, 7) is 6.71. The second-order valence-corrected chi connectivity index (χ2v) is 6.18. The minimum Gasteiger partial charge on any atom is -0.339 e. The third-order valence-corrected chi connectivity index (χ3v) is 4.52. The molecule has 0 radical (unpaired) electrons. The Bertz CT molecular complexity index is 576. The van der Waals surface area contributed by atoms with Crippen molar-refractivity contribution in [3.05, 3.63) is 47.6 Å². The SMILES string of the molecule is CCN1CCC(NCCc2nc(Cc3ccccc3)no2)CC1. The number of piperidine rings is 1. The lowest BCUT2D eigenvalue weighted by Gasteiger charge is -2.31. The van der Waals surface area contributed by atoms with Crippen LogP contribution in [-0.4, -0.2) is 47.3 Å². The van der Waals surface area contributed by atoms with Crippen molar-refractivity contribution in [3.63, 3.8) is 0 Å². The van der Waals surface area contributed by atoms with E-state index in [9.17, 15) is 0 Å². The van der Waals surface area contributed by atoms with E-state index >= 15 is 0 Å². The average Bonchev–Trinajstić information content (AvgIpc) is 3.04. The van der Waals surface area contributed by atoms with Crippen LogP contribution in [0.4, 0.5) is 0 Å². The van der Waals surface area contributed by atoms with Crippen LogP contribution in [0.15, 0.2) is 34.9 Å². The van der Waals surface area contributed by atoms with Gasteiger partial charge in [-0.3, -0.25) is 0 Å². The van der Waals surface area contributed by atoms with Gasteiger partial charge in [-0.05, 0) is 38.0 Å². The Labute approximate surface area is 138 Å². The third kappa shape index (κ3) is 4.88. The standard InChI is InChI=1S/C18H26N4O/c1-2-22-12-9-16(10-13-22)19-11-8-18-20-17(21-23-18)14-15-6-4-3-5-7-15/h3-7,16,19H,2,8-14H2,1H3. The molecular formula is C18H26N4O. The van der Waals surface area contributed by atoms with Gasteiger partial charge in [0.2, 0.25) is 5.89 Å². The summed E-state index contributed by atoms with van der Waals surface area (Å²) in [5.41, 5.74) is 1.21. The van der Waals surface area contributed by atoms with Crippen LogP contribution in [0.25, 0.3) is 0 Å². The molecule has 1 aromatic carbocycles. The predicted octanol–water partition coefficient (Wildman–Crippen LogP) is 2.28. The molecule has 0 spiro atoms. The highest BCUT2D eigenvalue weighted by Crippen LogP contribution is 2.10. The highest BCUT2D eigenvalue weighted by atomic mass is 16.5. The molecule has 124 valence electrons. The van der Waals surface area contributed by atoms with Gasteiger partial charge in [0.25, 0.3) is 0 Å². The number of nitrogens with one attached hydrogen (secondary N) is 1. The summed E-state index contributed by atoms with van der Waals surface area (Å²) < 4.78 is 5.35. The minimum atomic E-state index is 0.629. The fourth-order valence-electron chi connectivity index (χ4n) is 3.08. The average molecular weight is 314 g/mol. The van der Waals surface area contributed by atoms with Crippen LogP contribution >= 0.6 is 0 Å². The maximum absolute atomic E-state index is 5.35. The lowest BCUT2D eigenvalue weighted by atomic mass is 10.1. The first-order valence-electron chi connectivity index (χ1n) is 8.64. The molecule has 2 heterocycles. The smallest absolute Gasteiger partial charge is 0.227 e. The van der Waals surface area contributed by atoms with Gasteiger partial charge in [-0.1, -0.05) is 42.4 Å². The molecule has 0 aliphatic carbocycles. The number of hydrogen-bond acceptors (Lipinski definition) is 5. The molecule has 2 aromatic rings. The largest absolute Gasteiger partial charge is 0.339 e. The van der Waals surface area contributed by atoms with E-state index in [1.165, 1.54) is 38.0 Å². The molecule has 0 amide bonds. The quantitative estimate of drug-likeness (QED) is 0.850. The first-order valence-corrected chi connectivity index (χ1v) is 8.64. The minimum absolute atomic E-state index is 0.629. The van der Waals surface area contributed by atoms with Crippen molar-refractivity contribution in [2.45, 2.75) is 38.6 Å². The summed E-state index contributed by atoms with van der Waals surface area (Å²) in [6, 6.07) is 10.9. The highest BCUT2D eigenvalue weighted by Gasteiger charge is 2.17. The molecule has 5 nitrogen and oxygen atoms in total. The van der Waals surface area contributed by atoms with Crippen LogP contribution in [0.5, 0.6) is 0 Å². The second-order valence-electron chi connectivity index (χ2n) is 6.18. The summed E-state index contributed by atoms with van der Waals surface area (Å²) in [5, 5.41) is 7.70. The van der Waals surface area contributed by atoms with Crippen molar-refractivity contribution in [3.8, 4) is 0 Å². The molecule has 0 atom stereocenters. The van der Waals surface area contributed by atoms with Gasteiger partial charge in [-0.25, -0.2) is 0 Å². The number of aromatic nitrogens is 2. The van der Waals surface area contributed by atoms with Crippen LogP contribution in [0.2, 0.25) is 0 Å². The molecule has 1 aliphatic rings. The van der Waals surface area contributed by atoms with Crippen molar-refractivity contribution in [2.24, 2.45) is 0 Å². The summed E-state index contributed by atoms with van der Waals surface area (Å²) in [5.74, 6) is 1.50. The van der Waals surface area contributed by atoms with Crippen LogP contribution in [-0.2, 0) is 12.8 Å². The third-order valence-electron chi connectivity index (χ3n) is 4.52. The van der Waals surface area contributed by atoms with Gasteiger partial charge in [-0.15, -0.1) is 0 Å². The molecule has 1 aromatic heterocycles. The Morgan fingerprint density at radius 1 is 1.22 bits per heavy atom. The Balaban J connectivity index is 1.40. The molecule has 23 heavy (non-hydrogen) atoms. The van der Waals surface area contributed by atoms with E-state index in [4.69, 9.17) is 4.52 Å². The van der Waals surface area contributed by atoms with Crippen LogP contribution in [0, 0.1) is 0 Å². The molecule has 0 unspecified atom stereocenters. The Morgan fingerprint density at radius 2 is 2.00 bits per heavy atom. The van der Waals surface area contributed by atoms with Crippen LogP contribution < -0.4 is 5.32 Å². The molecular weight excluding hydrogens is 288 g/mol. The number of hydrogen-bond donors (Lipinski definition) is 1. The maximum atomic E-state index is 5.35. The van der Waals surface area contributed by atoms with E-state index < -0.39 is 0 Å². The van der Waals surface area contributed by atoms with E-state index in [2.05, 4.69) is 39.4 Å². The van der Waals surface area contributed by atoms with E-state index in [-0.39, 0.29) is 0 Å². The van der Waals surface area contributed by atoms with Crippen LogP contribution in [0.1, 0.15) is 37.0 Å². The summed E-state index contributed by atoms with van der Waals surface area (Å²) >= 11 is 0. The van der Waals surface area contributed by atoms with Crippen molar-refractivity contribution in [2.75, 3.05) is 26.2 Å². The summed E-state index contributed by atoms with van der Waals surface area (Å²) in [7, 11) is 0. The topological polar surface area (TPSA) is 54.2 Å². The van der Waals surface area contributed by atoms with Crippen LogP contribution in [0.3, 0.4) is 0 Å². The second kappa shape index (κ2) is 8.22. The maximum Gasteiger partial charge on any atom is 0.227 e. The lowest BCUT2D eigenvalue weighted by Crippen LogP contribution is -2.42. The Morgan fingerprint density at radius 3 is 2.74 bits per heavy atom. The first kappa shape index (κ1) is 16.1. The van der Waals surface area contributed by atoms with Crippen molar-refractivity contribution >= 4 is 0 Å². The highest BCUT2D eigenvalue weighted by molar-refractivity contribution is 5.18. The molecule has 1 aliphatic heterocycles. The molecule has 0 bridgehead atoms. The molecule has 3 rings (SSSR count). The summed E-state index contributed by atoms with van der Waals surface area (Å²) in [4.78, 5) is 6.99. The van der Waals surface area contributed by atoms with E-state index in [1.807, 2.05) is 18.2 Å². The molecule has 5 heteroatoms. The summed E-state index contributed by atoms with van der Waals surface area (Å²) in [6.07, 6.45) is 4.00. The molecule has 0 saturated carbocycles. The van der Waals surface area contributed by atoms with E-state index in [1.54, 1.807) is 0 Å². The predicted molar refractivity (Wildman–Crippen MR) is 90.4 cm³/mol. The van der Waals surface area contributed by atoms with Crippen molar-refractivity contribution in [1.82, 2.24) is 20.4 Å². The number of nitrogens with zero attached hydrogens (tertiary/aromatic N) is 3. The van der Waals surface area contributed by atoms with Gasteiger partial charge in [0.1, 0.15) is 0 Å². The van der Waals surface area contributed by atoms with Gasteiger partial charge in [0.05, 0.1) is 0 Å². The van der Waals surface area contributed by atoms with Gasteiger partial charge >= 0.3 is 0 Å². The van der Waals surface area contributed by atoms with E-state index in [0.717, 1.165) is 31.1 Å². The van der Waals surface area contributed by atoms with Crippen molar-refractivity contribution < 1.29 is 4.52 Å². The number of likely N-dealkylation sites (tertiary alicyclic amines) is 1. The number of rotatable bonds is 7. The zero-order valence-corrected chi connectivity index (χ0v) is 13.9.